The van der Waals surface area contributed by atoms with Crippen LogP contribution in [0.3, 0.4) is 0 Å². The first-order valence-electron chi connectivity index (χ1n) is 13.7. The molecular formula is C33H30F2N4O4. The standard InChI is InChI=1S/C33H30F2N4O4/c1-18-11-19(2)24(12-20(18)17-43-23-8-5-21(34)6-9-23)30-25(16-36)32(37)38(26-10-7-22(35)13-27(26)39(41)42)28-14-33(3,4)15-29(40)31(28)30/h5-13,30H,14-15,17,37H2,1-4H3. The summed E-state index contributed by atoms with van der Waals surface area (Å²) in [4.78, 5) is 26.6. The molecular weight excluding hydrogens is 554 g/mol. The van der Waals surface area contributed by atoms with Crippen LogP contribution < -0.4 is 15.4 Å². The van der Waals surface area contributed by atoms with Gasteiger partial charge >= 0.3 is 0 Å². The Balaban J connectivity index is 1.70. The van der Waals surface area contributed by atoms with Gasteiger partial charge in [0.15, 0.2) is 5.78 Å². The van der Waals surface area contributed by atoms with Crippen LogP contribution in [0.5, 0.6) is 5.75 Å². The molecule has 0 saturated heterocycles. The van der Waals surface area contributed by atoms with E-state index in [1.165, 1.54) is 35.2 Å². The lowest BCUT2D eigenvalue weighted by Gasteiger charge is -2.43. The van der Waals surface area contributed by atoms with E-state index in [9.17, 15) is 29.0 Å². The molecule has 3 aromatic rings. The number of rotatable bonds is 6. The Kier molecular flexibility index (Phi) is 7.52. The number of Topliss-reactive ketones (excluding diaryl/α,β-unsaturated/α-hetero) is 1. The fourth-order valence-electron chi connectivity index (χ4n) is 6.00. The molecule has 220 valence electrons. The fourth-order valence-corrected chi connectivity index (χ4v) is 6.00. The number of nitriles is 1. The highest BCUT2D eigenvalue weighted by molar-refractivity contribution is 6.02. The van der Waals surface area contributed by atoms with Crippen molar-refractivity contribution in [2.75, 3.05) is 4.90 Å². The summed E-state index contributed by atoms with van der Waals surface area (Å²) in [6.45, 7) is 7.79. The molecule has 2 aliphatic rings. The van der Waals surface area contributed by atoms with E-state index in [-0.39, 0.29) is 41.7 Å². The van der Waals surface area contributed by atoms with Gasteiger partial charge in [0.2, 0.25) is 0 Å². The van der Waals surface area contributed by atoms with E-state index >= 15 is 0 Å². The average molecular weight is 585 g/mol. The predicted octanol–water partition coefficient (Wildman–Crippen LogP) is 7.01. The van der Waals surface area contributed by atoms with E-state index in [0.29, 0.717) is 29.0 Å². The van der Waals surface area contributed by atoms with Crippen molar-refractivity contribution in [1.82, 2.24) is 0 Å². The Morgan fingerprint density at radius 1 is 1.07 bits per heavy atom. The third kappa shape index (κ3) is 5.46. The SMILES string of the molecule is Cc1cc(C)c(C2C(C#N)=C(N)N(c3ccc(F)cc3[N+](=O)[O-])C3=C2C(=O)CC(C)(C)C3)cc1COc1ccc(F)cc1. The molecule has 1 heterocycles. The first kappa shape index (κ1) is 29.5. The quantitative estimate of drug-likeness (QED) is 0.244. The van der Waals surface area contributed by atoms with Crippen LogP contribution >= 0.6 is 0 Å². The molecule has 0 fully saturated rings. The van der Waals surface area contributed by atoms with Gasteiger partial charge in [-0.2, -0.15) is 5.26 Å². The molecule has 8 nitrogen and oxygen atoms in total. The molecule has 0 bridgehead atoms. The molecule has 0 spiro atoms. The van der Waals surface area contributed by atoms with Gasteiger partial charge in [0.1, 0.15) is 35.5 Å². The van der Waals surface area contributed by atoms with Crippen molar-refractivity contribution in [1.29, 1.82) is 5.26 Å². The lowest BCUT2D eigenvalue weighted by molar-refractivity contribution is -0.384. The van der Waals surface area contributed by atoms with Crippen LogP contribution in [0, 0.1) is 52.3 Å². The fraction of sp³-hybridized carbons (Fsp3) is 0.273. The van der Waals surface area contributed by atoms with Crippen molar-refractivity contribution in [2.45, 2.75) is 53.1 Å². The van der Waals surface area contributed by atoms with Gasteiger partial charge in [-0.25, -0.2) is 8.78 Å². The lowest BCUT2D eigenvalue weighted by atomic mass is 9.68. The molecule has 2 N–H and O–H groups in total. The van der Waals surface area contributed by atoms with Crippen LogP contribution in [0.2, 0.25) is 0 Å². The van der Waals surface area contributed by atoms with E-state index < -0.39 is 27.8 Å². The minimum atomic E-state index is -0.829. The second kappa shape index (κ2) is 11.0. The number of carbonyl (C=O) groups excluding carboxylic acids is 1. The second-order valence-corrected chi connectivity index (χ2v) is 11.7. The largest absolute Gasteiger partial charge is 0.489 e. The molecule has 1 unspecified atom stereocenters. The number of ketones is 1. The van der Waals surface area contributed by atoms with Gasteiger partial charge < -0.3 is 10.5 Å². The zero-order chi connectivity index (χ0) is 31.2. The number of nitro benzene ring substituents is 1. The molecule has 0 amide bonds. The summed E-state index contributed by atoms with van der Waals surface area (Å²) in [7, 11) is 0. The Bertz CT molecular complexity index is 1770. The Morgan fingerprint density at radius 3 is 2.40 bits per heavy atom. The van der Waals surface area contributed by atoms with Gasteiger partial charge in [-0.1, -0.05) is 26.0 Å². The van der Waals surface area contributed by atoms with Crippen LogP contribution in [0.25, 0.3) is 0 Å². The van der Waals surface area contributed by atoms with E-state index in [2.05, 4.69) is 6.07 Å². The number of aryl methyl sites for hydroxylation is 2. The summed E-state index contributed by atoms with van der Waals surface area (Å²) in [5.41, 5.74) is 9.66. The molecule has 5 rings (SSSR count). The number of allylic oxidation sites excluding steroid dienone is 3. The highest BCUT2D eigenvalue weighted by atomic mass is 19.1. The molecule has 1 atom stereocenters. The topological polar surface area (TPSA) is 122 Å². The van der Waals surface area contributed by atoms with Gasteiger partial charge in [0.05, 0.1) is 28.5 Å². The van der Waals surface area contributed by atoms with Gasteiger partial charge in [-0.3, -0.25) is 19.8 Å². The van der Waals surface area contributed by atoms with Crippen molar-refractivity contribution < 1.29 is 23.2 Å². The van der Waals surface area contributed by atoms with Crippen LogP contribution in [-0.4, -0.2) is 10.7 Å². The number of nitro groups is 1. The summed E-state index contributed by atoms with van der Waals surface area (Å²) < 4.78 is 33.4. The number of benzene rings is 3. The number of anilines is 1. The molecule has 10 heteroatoms. The van der Waals surface area contributed by atoms with Crippen molar-refractivity contribution in [3.05, 3.63) is 121 Å². The minimum absolute atomic E-state index is 0.0258. The molecule has 43 heavy (non-hydrogen) atoms. The van der Waals surface area contributed by atoms with Crippen molar-refractivity contribution in [3.63, 3.8) is 0 Å². The summed E-state index contributed by atoms with van der Waals surface area (Å²) in [6.07, 6.45) is 0.537. The van der Waals surface area contributed by atoms with E-state index in [4.69, 9.17) is 10.5 Å². The number of carbonyl (C=O) groups is 1. The lowest BCUT2D eigenvalue weighted by Crippen LogP contribution is -2.42. The number of hydrogen-bond acceptors (Lipinski definition) is 7. The molecule has 0 saturated carbocycles. The second-order valence-electron chi connectivity index (χ2n) is 11.7. The maximum atomic E-state index is 14.1. The number of ether oxygens (including phenoxy) is 1. The average Bonchev–Trinajstić information content (AvgIpc) is 2.93. The summed E-state index contributed by atoms with van der Waals surface area (Å²) in [5.74, 6) is -1.78. The Labute approximate surface area is 247 Å². The van der Waals surface area contributed by atoms with Gasteiger partial charge in [-0.15, -0.1) is 0 Å². The minimum Gasteiger partial charge on any atom is -0.489 e. The number of nitrogens with two attached hydrogens (primary N) is 1. The summed E-state index contributed by atoms with van der Waals surface area (Å²) in [6, 6.07) is 14.8. The zero-order valence-electron chi connectivity index (χ0n) is 24.2. The smallest absolute Gasteiger partial charge is 0.296 e. The molecule has 3 aromatic carbocycles. The highest BCUT2D eigenvalue weighted by Crippen LogP contribution is 2.52. The normalized spacial score (nSPS) is 17.9. The molecule has 1 aliphatic carbocycles. The Hall–Kier alpha value is -5.04. The van der Waals surface area contributed by atoms with E-state index in [1.54, 1.807) is 0 Å². The van der Waals surface area contributed by atoms with Crippen LogP contribution in [0.1, 0.15) is 54.9 Å². The maximum absolute atomic E-state index is 14.1. The predicted molar refractivity (Wildman–Crippen MR) is 157 cm³/mol. The molecule has 1 aliphatic heterocycles. The number of halogens is 2. The van der Waals surface area contributed by atoms with Crippen molar-refractivity contribution in [3.8, 4) is 11.8 Å². The third-order valence-corrected chi connectivity index (χ3v) is 8.00. The van der Waals surface area contributed by atoms with E-state index in [0.717, 1.165) is 28.8 Å². The van der Waals surface area contributed by atoms with Gasteiger partial charge in [0.25, 0.3) is 5.69 Å². The van der Waals surface area contributed by atoms with Crippen molar-refractivity contribution >= 4 is 17.2 Å². The van der Waals surface area contributed by atoms with Crippen LogP contribution in [0.4, 0.5) is 20.2 Å². The van der Waals surface area contributed by atoms with Gasteiger partial charge in [-0.05, 0) is 84.3 Å². The van der Waals surface area contributed by atoms with Crippen LogP contribution in [0.15, 0.2) is 77.3 Å². The number of hydrogen-bond donors (Lipinski definition) is 1. The van der Waals surface area contributed by atoms with Gasteiger partial charge in [0, 0.05) is 17.7 Å². The highest BCUT2D eigenvalue weighted by Gasteiger charge is 2.46. The van der Waals surface area contributed by atoms with E-state index in [1.807, 2.05) is 39.8 Å². The Morgan fingerprint density at radius 2 is 1.74 bits per heavy atom. The third-order valence-electron chi connectivity index (χ3n) is 8.00. The maximum Gasteiger partial charge on any atom is 0.296 e. The number of nitrogens with zero attached hydrogens (tertiary/aromatic N) is 3. The molecule has 0 radical (unpaired) electrons. The summed E-state index contributed by atoms with van der Waals surface area (Å²) in [5, 5.41) is 22.4. The molecule has 0 aromatic heterocycles. The first-order chi connectivity index (χ1) is 20.3. The van der Waals surface area contributed by atoms with Crippen molar-refractivity contribution in [2.24, 2.45) is 11.1 Å². The van der Waals surface area contributed by atoms with Crippen LogP contribution in [-0.2, 0) is 11.4 Å². The first-order valence-corrected chi connectivity index (χ1v) is 13.7. The zero-order valence-corrected chi connectivity index (χ0v) is 24.2. The monoisotopic (exact) mass is 584 g/mol. The summed E-state index contributed by atoms with van der Waals surface area (Å²) >= 11 is 0.